The van der Waals surface area contributed by atoms with Crippen molar-refractivity contribution in [2.24, 2.45) is 0 Å². The van der Waals surface area contributed by atoms with Crippen LogP contribution >= 0.6 is 11.6 Å². The van der Waals surface area contributed by atoms with Gasteiger partial charge in [0.25, 0.3) is 0 Å². The smallest absolute Gasteiger partial charge is 0.305 e. The fraction of sp³-hybridized carbons (Fsp3) is 0.500. The van der Waals surface area contributed by atoms with Crippen molar-refractivity contribution in [2.75, 3.05) is 13.2 Å². The van der Waals surface area contributed by atoms with Gasteiger partial charge in [0, 0.05) is 19.4 Å². The third-order valence-corrected chi connectivity index (χ3v) is 4.77. The van der Waals surface area contributed by atoms with Crippen molar-refractivity contribution in [3.63, 3.8) is 0 Å². The third-order valence-electron chi connectivity index (χ3n) is 4.58. The van der Waals surface area contributed by atoms with Crippen molar-refractivity contribution in [3.8, 4) is 0 Å². The second-order valence-electron chi connectivity index (χ2n) is 7.68. The summed E-state index contributed by atoms with van der Waals surface area (Å²) in [5.41, 5.74) is 2.71. The molecule has 0 fully saturated rings. The molecular weight excluding hydrogens is 436 g/mol. The Morgan fingerprint density at radius 1 is 0.758 bits per heavy atom. The van der Waals surface area contributed by atoms with E-state index >= 15 is 0 Å². The fourth-order valence-electron chi connectivity index (χ4n) is 2.82. The van der Waals surface area contributed by atoms with Gasteiger partial charge in [0.05, 0.1) is 6.61 Å². The first-order valence-electron chi connectivity index (χ1n) is 12.1. The maximum Gasteiger partial charge on any atom is 0.305 e. The molecule has 0 bridgehead atoms. The molecule has 0 saturated carbocycles. The van der Waals surface area contributed by atoms with E-state index in [0.29, 0.717) is 26.1 Å². The van der Waals surface area contributed by atoms with E-state index in [9.17, 15) is 9.59 Å². The number of unbranched alkanes of at least 4 members (excludes halogenated alkanes) is 2. The van der Waals surface area contributed by atoms with Gasteiger partial charge in [0.15, 0.2) is 0 Å². The van der Waals surface area contributed by atoms with Gasteiger partial charge >= 0.3 is 5.97 Å². The fourth-order valence-corrected chi connectivity index (χ4v) is 3.01. The van der Waals surface area contributed by atoms with Crippen LogP contribution in [0.2, 0.25) is 0 Å². The summed E-state index contributed by atoms with van der Waals surface area (Å²) in [7, 11) is 0. The molecule has 184 valence electrons. The van der Waals surface area contributed by atoms with Gasteiger partial charge in [-0.2, -0.15) is 0 Å². The molecule has 0 atom stereocenters. The Morgan fingerprint density at radius 2 is 1.24 bits per heavy atom. The number of carbonyl (C=O) groups excluding carboxylic acids is 2. The Labute approximate surface area is 205 Å². The monoisotopic (exact) mass is 476 g/mol. The molecular formula is C28H41ClO4. The van der Waals surface area contributed by atoms with Gasteiger partial charge in [-0.3, -0.25) is 9.59 Å². The van der Waals surface area contributed by atoms with Crippen molar-refractivity contribution in [2.45, 2.75) is 78.1 Å². The molecule has 1 N–H and O–H groups in total. The Kier molecular flexibility index (Phi) is 21.5. The SMILES string of the molecule is CCCC(=O)Cl.CCCC(=O)OCCCCc1ccccc1.OCCCCc1ccccc1. The average Bonchev–Trinajstić information content (AvgIpc) is 2.81. The van der Waals surface area contributed by atoms with Crippen molar-refractivity contribution >= 4 is 22.8 Å². The van der Waals surface area contributed by atoms with E-state index in [0.717, 1.165) is 51.4 Å². The topological polar surface area (TPSA) is 63.6 Å². The van der Waals surface area contributed by atoms with Gasteiger partial charge in [-0.1, -0.05) is 74.5 Å². The zero-order valence-electron chi connectivity index (χ0n) is 20.3. The summed E-state index contributed by atoms with van der Waals surface area (Å²) in [6.45, 7) is 4.77. The first kappa shape index (κ1) is 30.8. The highest BCUT2D eigenvalue weighted by Crippen LogP contribution is 2.05. The average molecular weight is 477 g/mol. The molecule has 0 heterocycles. The van der Waals surface area contributed by atoms with Crippen molar-refractivity contribution in [1.82, 2.24) is 0 Å². The van der Waals surface area contributed by atoms with E-state index in [1.807, 2.05) is 38.1 Å². The second kappa shape index (κ2) is 23.0. The molecule has 0 aliphatic heterocycles. The first-order chi connectivity index (χ1) is 16.0. The predicted molar refractivity (Wildman–Crippen MR) is 137 cm³/mol. The lowest BCUT2D eigenvalue weighted by molar-refractivity contribution is -0.143. The lowest BCUT2D eigenvalue weighted by atomic mass is 10.1. The summed E-state index contributed by atoms with van der Waals surface area (Å²) in [5.74, 6) is -0.0674. The summed E-state index contributed by atoms with van der Waals surface area (Å²) >= 11 is 4.94. The van der Waals surface area contributed by atoms with E-state index < -0.39 is 0 Å². The van der Waals surface area contributed by atoms with Crippen LogP contribution in [-0.2, 0) is 27.2 Å². The Hall–Kier alpha value is -2.17. The van der Waals surface area contributed by atoms with Crippen LogP contribution in [0.15, 0.2) is 60.7 Å². The van der Waals surface area contributed by atoms with E-state index in [1.54, 1.807) is 0 Å². The molecule has 2 rings (SSSR count). The summed E-state index contributed by atoms with van der Waals surface area (Å²) in [6.07, 6.45) is 8.92. The number of rotatable bonds is 13. The number of ether oxygens (including phenoxy) is 1. The van der Waals surface area contributed by atoms with Gasteiger partial charge < -0.3 is 9.84 Å². The van der Waals surface area contributed by atoms with Crippen LogP contribution in [0.3, 0.4) is 0 Å². The van der Waals surface area contributed by atoms with Crippen molar-refractivity contribution in [1.29, 1.82) is 0 Å². The molecule has 0 aromatic heterocycles. The Balaban J connectivity index is 0.000000520. The number of esters is 1. The van der Waals surface area contributed by atoms with Crippen LogP contribution in [0.4, 0.5) is 0 Å². The number of benzene rings is 2. The lowest BCUT2D eigenvalue weighted by Gasteiger charge is -2.04. The predicted octanol–water partition coefficient (Wildman–Crippen LogP) is 6.91. The standard InChI is InChI=1S/C14H20O2.C10H14O.C4H7ClO/c1-2-8-14(15)16-12-7-6-11-13-9-4-3-5-10-13;11-9-5-4-8-10-6-2-1-3-7-10;1-2-3-4(5)6/h3-5,9-10H,2,6-8,11-12H2,1H3;1-3,6-7,11H,4-5,8-9H2;2-3H2,1H3. The van der Waals surface area contributed by atoms with Crippen LogP contribution < -0.4 is 0 Å². The number of hydrogen-bond acceptors (Lipinski definition) is 4. The highest BCUT2D eigenvalue weighted by Gasteiger charge is 1.99. The number of halogens is 1. The van der Waals surface area contributed by atoms with E-state index in [2.05, 4.69) is 36.4 Å². The summed E-state index contributed by atoms with van der Waals surface area (Å²) in [4.78, 5) is 20.9. The van der Waals surface area contributed by atoms with Gasteiger partial charge in [0.2, 0.25) is 5.24 Å². The number of hydrogen-bond donors (Lipinski definition) is 1. The zero-order chi connectivity index (χ0) is 24.6. The molecule has 0 aliphatic rings. The van der Waals surface area contributed by atoms with Crippen LogP contribution in [0.1, 0.15) is 76.3 Å². The number of aliphatic hydroxyl groups is 1. The normalized spacial score (nSPS) is 9.70. The Morgan fingerprint density at radius 3 is 1.64 bits per heavy atom. The molecule has 0 saturated heterocycles. The summed E-state index contributed by atoms with van der Waals surface area (Å²) in [5, 5.41) is 8.31. The maximum absolute atomic E-state index is 11.1. The number of aryl methyl sites for hydroxylation is 2. The molecule has 5 heteroatoms. The minimum atomic E-state index is -0.238. The van der Waals surface area contributed by atoms with Crippen LogP contribution in [0.5, 0.6) is 0 Å². The zero-order valence-corrected chi connectivity index (χ0v) is 21.1. The quantitative estimate of drug-likeness (QED) is 0.194. The molecule has 4 nitrogen and oxygen atoms in total. The lowest BCUT2D eigenvalue weighted by Crippen LogP contribution is -2.05. The largest absolute Gasteiger partial charge is 0.466 e. The van der Waals surface area contributed by atoms with Gasteiger partial charge in [-0.05, 0) is 74.1 Å². The minimum Gasteiger partial charge on any atom is -0.466 e. The summed E-state index contributed by atoms with van der Waals surface area (Å²) in [6, 6.07) is 20.8. The Bertz CT molecular complexity index is 704. The molecule has 0 radical (unpaired) electrons. The van der Waals surface area contributed by atoms with Crippen molar-refractivity contribution < 1.29 is 19.4 Å². The van der Waals surface area contributed by atoms with E-state index in [-0.39, 0.29) is 11.2 Å². The van der Waals surface area contributed by atoms with Crippen LogP contribution in [-0.4, -0.2) is 29.5 Å². The third kappa shape index (κ3) is 21.4. The van der Waals surface area contributed by atoms with Gasteiger partial charge in [-0.25, -0.2) is 0 Å². The van der Waals surface area contributed by atoms with Crippen LogP contribution in [0, 0.1) is 0 Å². The van der Waals surface area contributed by atoms with Gasteiger partial charge in [-0.15, -0.1) is 0 Å². The second-order valence-corrected chi connectivity index (χ2v) is 8.11. The molecule has 0 aliphatic carbocycles. The summed E-state index contributed by atoms with van der Waals surface area (Å²) < 4.78 is 5.08. The highest BCUT2D eigenvalue weighted by atomic mass is 35.5. The van der Waals surface area contributed by atoms with E-state index in [4.69, 9.17) is 21.4 Å². The molecule has 33 heavy (non-hydrogen) atoms. The molecule has 0 spiro atoms. The van der Waals surface area contributed by atoms with Gasteiger partial charge in [0.1, 0.15) is 0 Å². The molecule has 2 aromatic rings. The molecule has 0 amide bonds. The minimum absolute atomic E-state index is 0.0674. The number of aliphatic hydroxyl groups excluding tert-OH is 1. The van der Waals surface area contributed by atoms with Crippen molar-refractivity contribution in [3.05, 3.63) is 71.8 Å². The first-order valence-corrected chi connectivity index (χ1v) is 12.4. The maximum atomic E-state index is 11.1. The van der Waals surface area contributed by atoms with Crippen LogP contribution in [0.25, 0.3) is 0 Å². The molecule has 2 aromatic carbocycles. The highest BCUT2D eigenvalue weighted by molar-refractivity contribution is 6.63. The molecule has 0 unspecified atom stereocenters. The van der Waals surface area contributed by atoms with E-state index in [1.165, 1.54) is 11.1 Å². The number of carbonyl (C=O) groups is 2.